The first-order valence-corrected chi connectivity index (χ1v) is 8.00. The summed E-state index contributed by atoms with van der Waals surface area (Å²) in [5.41, 5.74) is 2.41. The van der Waals surface area contributed by atoms with E-state index >= 15 is 0 Å². The normalized spacial score (nSPS) is 12.2. The van der Waals surface area contributed by atoms with Crippen LogP contribution < -0.4 is 10.1 Å². The van der Waals surface area contributed by atoms with Crippen molar-refractivity contribution in [3.8, 4) is 11.5 Å². The van der Waals surface area contributed by atoms with E-state index in [1.54, 1.807) is 0 Å². The maximum atomic E-state index is 5.92. The molecule has 0 bridgehead atoms. The minimum absolute atomic E-state index is 0.296. The fourth-order valence-corrected chi connectivity index (χ4v) is 3.17. The smallest absolute Gasteiger partial charge is 0.141 e. The summed E-state index contributed by atoms with van der Waals surface area (Å²) in [7, 11) is 1.95. The van der Waals surface area contributed by atoms with Gasteiger partial charge in [0.1, 0.15) is 11.5 Å². The summed E-state index contributed by atoms with van der Waals surface area (Å²) in [6, 6.07) is 12.4. The van der Waals surface area contributed by atoms with E-state index in [4.69, 9.17) is 4.74 Å². The Kier molecular flexibility index (Phi) is 5.24. The van der Waals surface area contributed by atoms with Crippen LogP contribution in [0.5, 0.6) is 11.5 Å². The molecular weight excluding hydrogens is 382 g/mol. The number of nitrogens with one attached hydrogen (secondary N) is 1. The Bertz CT molecular complexity index is 613. The maximum Gasteiger partial charge on any atom is 0.141 e. The molecule has 0 spiro atoms. The summed E-state index contributed by atoms with van der Waals surface area (Å²) in [5, 5.41) is 3.23. The van der Waals surface area contributed by atoms with Crippen molar-refractivity contribution in [2.24, 2.45) is 0 Å². The average molecular weight is 399 g/mol. The van der Waals surface area contributed by atoms with Gasteiger partial charge in [0.25, 0.3) is 0 Å². The molecule has 1 unspecified atom stereocenters. The predicted molar refractivity (Wildman–Crippen MR) is 90.6 cm³/mol. The topological polar surface area (TPSA) is 21.3 Å². The van der Waals surface area contributed by atoms with Crippen LogP contribution in [-0.2, 0) is 0 Å². The summed E-state index contributed by atoms with van der Waals surface area (Å²) in [6.07, 6.45) is 0. The van der Waals surface area contributed by atoms with Crippen molar-refractivity contribution in [2.75, 3.05) is 7.05 Å². The molecule has 20 heavy (non-hydrogen) atoms. The second-order valence-corrected chi connectivity index (χ2v) is 6.44. The van der Waals surface area contributed by atoms with Gasteiger partial charge in [-0.3, -0.25) is 0 Å². The second kappa shape index (κ2) is 6.74. The van der Waals surface area contributed by atoms with Crippen LogP contribution in [0.1, 0.15) is 24.1 Å². The Labute approximate surface area is 136 Å². The van der Waals surface area contributed by atoms with Gasteiger partial charge in [0.2, 0.25) is 0 Å². The summed E-state index contributed by atoms with van der Waals surface area (Å²) in [6.45, 7) is 4.18. The van der Waals surface area contributed by atoms with E-state index in [0.717, 1.165) is 20.4 Å². The van der Waals surface area contributed by atoms with E-state index in [-0.39, 0.29) is 0 Å². The van der Waals surface area contributed by atoms with Gasteiger partial charge in [0, 0.05) is 10.5 Å². The number of hydrogen-bond acceptors (Lipinski definition) is 2. The number of aryl methyl sites for hydroxylation is 1. The molecule has 2 aromatic carbocycles. The van der Waals surface area contributed by atoms with Crippen molar-refractivity contribution in [2.45, 2.75) is 19.9 Å². The standard InChI is InChI=1S/C16H17Br2NO/c1-10-4-7-16(15(18)8-10)20-12-5-6-13(11(2)19-3)14(17)9-12/h4-9,11,19H,1-3H3. The Balaban J connectivity index is 2.24. The quantitative estimate of drug-likeness (QED) is 0.724. The van der Waals surface area contributed by atoms with Gasteiger partial charge in [-0.05, 0) is 72.2 Å². The monoisotopic (exact) mass is 397 g/mol. The van der Waals surface area contributed by atoms with Gasteiger partial charge in [-0.2, -0.15) is 0 Å². The van der Waals surface area contributed by atoms with Crippen LogP contribution in [0, 0.1) is 6.92 Å². The van der Waals surface area contributed by atoms with Crippen LogP contribution in [-0.4, -0.2) is 7.05 Å². The Hall–Kier alpha value is -0.840. The zero-order chi connectivity index (χ0) is 14.7. The number of ether oxygens (including phenoxy) is 1. The Morgan fingerprint density at radius 3 is 2.40 bits per heavy atom. The fourth-order valence-electron chi connectivity index (χ4n) is 1.89. The van der Waals surface area contributed by atoms with Crippen LogP contribution in [0.4, 0.5) is 0 Å². The molecule has 2 rings (SSSR count). The summed E-state index contributed by atoms with van der Waals surface area (Å²) < 4.78 is 7.92. The Morgan fingerprint density at radius 1 is 1.05 bits per heavy atom. The van der Waals surface area contributed by atoms with Crippen molar-refractivity contribution in [3.05, 3.63) is 56.5 Å². The highest BCUT2D eigenvalue weighted by molar-refractivity contribution is 9.10. The second-order valence-electron chi connectivity index (χ2n) is 4.73. The summed E-state index contributed by atoms with van der Waals surface area (Å²) in [5.74, 6) is 1.63. The highest BCUT2D eigenvalue weighted by atomic mass is 79.9. The largest absolute Gasteiger partial charge is 0.456 e. The highest BCUT2D eigenvalue weighted by Gasteiger charge is 2.09. The van der Waals surface area contributed by atoms with Gasteiger partial charge in [0.05, 0.1) is 4.47 Å². The van der Waals surface area contributed by atoms with Crippen molar-refractivity contribution in [1.82, 2.24) is 5.32 Å². The number of benzene rings is 2. The predicted octanol–water partition coefficient (Wildman–Crippen LogP) is 5.59. The minimum atomic E-state index is 0.296. The van der Waals surface area contributed by atoms with Gasteiger partial charge < -0.3 is 10.1 Å². The van der Waals surface area contributed by atoms with E-state index in [2.05, 4.69) is 57.1 Å². The first-order valence-electron chi connectivity index (χ1n) is 6.42. The van der Waals surface area contributed by atoms with Crippen LogP contribution >= 0.6 is 31.9 Å². The lowest BCUT2D eigenvalue weighted by Gasteiger charge is -2.14. The van der Waals surface area contributed by atoms with Crippen LogP contribution in [0.15, 0.2) is 45.3 Å². The number of hydrogen-bond donors (Lipinski definition) is 1. The van der Waals surface area contributed by atoms with Gasteiger partial charge >= 0.3 is 0 Å². The summed E-state index contributed by atoms with van der Waals surface area (Å²) in [4.78, 5) is 0. The van der Waals surface area contributed by atoms with Crippen molar-refractivity contribution < 1.29 is 4.74 Å². The lowest BCUT2D eigenvalue weighted by Crippen LogP contribution is -2.12. The maximum absolute atomic E-state index is 5.92. The minimum Gasteiger partial charge on any atom is -0.456 e. The molecule has 0 heterocycles. The molecule has 0 saturated heterocycles. The molecule has 0 aliphatic rings. The molecule has 0 aliphatic heterocycles. The van der Waals surface area contributed by atoms with Gasteiger partial charge in [-0.1, -0.05) is 28.1 Å². The zero-order valence-electron chi connectivity index (χ0n) is 11.7. The number of rotatable bonds is 4. The molecule has 2 nitrogen and oxygen atoms in total. The molecule has 1 atom stereocenters. The third kappa shape index (κ3) is 3.62. The third-order valence-electron chi connectivity index (χ3n) is 3.19. The molecule has 0 saturated carbocycles. The molecule has 0 fully saturated rings. The van der Waals surface area contributed by atoms with E-state index in [0.29, 0.717) is 6.04 Å². The summed E-state index contributed by atoms with van der Waals surface area (Å²) >= 11 is 7.13. The van der Waals surface area contributed by atoms with Crippen molar-refractivity contribution >= 4 is 31.9 Å². The lowest BCUT2D eigenvalue weighted by molar-refractivity contribution is 0.478. The lowest BCUT2D eigenvalue weighted by atomic mass is 10.1. The molecule has 2 aromatic rings. The zero-order valence-corrected chi connectivity index (χ0v) is 14.9. The van der Waals surface area contributed by atoms with Gasteiger partial charge in [-0.25, -0.2) is 0 Å². The fraction of sp³-hybridized carbons (Fsp3) is 0.250. The molecular formula is C16H17Br2NO. The third-order valence-corrected chi connectivity index (χ3v) is 4.49. The molecule has 0 aliphatic carbocycles. The van der Waals surface area contributed by atoms with Crippen LogP contribution in [0.2, 0.25) is 0 Å². The van der Waals surface area contributed by atoms with Crippen molar-refractivity contribution in [1.29, 1.82) is 0 Å². The van der Waals surface area contributed by atoms with Crippen molar-refractivity contribution in [3.63, 3.8) is 0 Å². The van der Waals surface area contributed by atoms with Crippen LogP contribution in [0.25, 0.3) is 0 Å². The highest BCUT2D eigenvalue weighted by Crippen LogP contribution is 2.33. The Morgan fingerprint density at radius 2 is 1.80 bits per heavy atom. The van der Waals surface area contributed by atoms with Gasteiger partial charge in [0.15, 0.2) is 0 Å². The molecule has 4 heteroatoms. The first-order chi connectivity index (χ1) is 9.51. The SMILES string of the molecule is CNC(C)c1ccc(Oc2ccc(C)cc2Br)cc1Br. The van der Waals surface area contributed by atoms with E-state index in [1.807, 2.05) is 37.4 Å². The van der Waals surface area contributed by atoms with Gasteiger partial charge in [-0.15, -0.1) is 0 Å². The molecule has 106 valence electrons. The van der Waals surface area contributed by atoms with E-state index in [9.17, 15) is 0 Å². The molecule has 0 radical (unpaired) electrons. The molecule has 1 N–H and O–H groups in total. The number of halogens is 2. The van der Waals surface area contributed by atoms with Crippen LogP contribution in [0.3, 0.4) is 0 Å². The first kappa shape index (κ1) is 15.5. The molecule has 0 aromatic heterocycles. The average Bonchev–Trinajstić information content (AvgIpc) is 2.41. The van der Waals surface area contributed by atoms with E-state index in [1.165, 1.54) is 11.1 Å². The van der Waals surface area contributed by atoms with E-state index < -0.39 is 0 Å². The molecule has 0 amide bonds.